The van der Waals surface area contributed by atoms with Gasteiger partial charge in [0.15, 0.2) is 0 Å². The Hall–Kier alpha value is -2.73. The molecule has 1 rings (SSSR count). The normalized spacial score (nSPS) is 18.0. The first kappa shape index (κ1) is 24.3. The SMILES string of the molecule is NCCCCC(NC(=O)C1CCCN1C(=O)CNC(=O)C(N)CC(N)=O)C(=O)O. The fourth-order valence-corrected chi connectivity index (χ4v) is 3.06. The first-order valence-corrected chi connectivity index (χ1v) is 9.51. The Labute approximate surface area is 168 Å². The number of carbonyl (C=O) groups is 5. The van der Waals surface area contributed by atoms with Gasteiger partial charge in [-0.15, -0.1) is 0 Å². The van der Waals surface area contributed by atoms with E-state index in [2.05, 4.69) is 10.6 Å². The van der Waals surface area contributed by atoms with Crippen molar-refractivity contribution in [1.29, 1.82) is 0 Å². The summed E-state index contributed by atoms with van der Waals surface area (Å²) < 4.78 is 0. The minimum atomic E-state index is -1.16. The maximum atomic E-state index is 12.5. The second-order valence-corrected chi connectivity index (χ2v) is 6.92. The molecule has 0 aliphatic carbocycles. The number of nitrogens with zero attached hydrogens (tertiary/aromatic N) is 1. The summed E-state index contributed by atoms with van der Waals surface area (Å²) in [5, 5.41) is 14.1. The molecule has 0 bridgehead atoms. The van der Waals surface area contributed by atoms with E-state index in [1.165, 1.54) is 4.90 Å². The summed E-state index contributed by atoms with van der Waals surface area (Å²) in [7, 11) is 0. The van der Waals surface area contributed by atoms with E-state index in [0.29, 0.717) is 38.8 Å². The lowest BCUT2D eigenvalue weighted by molar-refractivity contribution is -0.144. The van der Waals surface area contributed by atoms with Crippen LogP contribution in [0.25, 0.3) is 0 Å². The Morgan fingerprint density at radius 2 is 1.86 bits per heavy atom. The van der Waals surface area contributed by atoms with Gasteiger partial charge in [0, 0.05) is 6.54 Å². The molecule has 1 fully saturated rings. The average molecular weight is 414 g/mol. The maximum Gasteiger partial charge on any atom is 0.326 e. The highest BCUT2D eigenvalue weighted by molar-refractivity contribution is 5.93. The van der Waals surface area contributed by atoms with Gasteiger partial charge >= 0.3 is 5.97 Å². The molecular weight excluding hydrogens is 384 g/mol. The topological polar surface area (TPSA) is 211 Å². The summed E-state index contributed by atoms with van der Waals surface area (Å²) in [5.41, 5.74) is 15.9. The highest BCUT2D eigenvalue weighted by atomic mass is 16.4. The molecule has 4 amide bonds. The number of unbranched alkanes of at least 4 members (excludes halogenated alkanes) is 1. The highest BCUT2D eigenvalue weighted by Crippen LogP contribution is 2.18. The minimum Gasteiger partial charge on any atom is -0.480 e. The lowest BCUT2D eigenvalue weighted by atomic mass is 10.1. The molecule has 12 nitrogen and oxygen atoms in total. The van der Waals surface area contributed by atoms with Gasteiger partial charge in [-0.1, -0.05) is 0 Å². The van der Waals surface area contributed by atoms with Crippen LogP contribution in [0, 0.1) is 0 Å². The highest BCUT2D eigenvalue weighted by Gasteiger charge is 2.35. The summed E-state index contributed by atoms with van der Waals surface area (Å²) in [6.07, 6.45) is 2.05. The fraction of sp³-hybridized carbons (Fsp3) is 0.706. The first-order chi connectivity index (χ1) is 13.7. The average Bonchev–Trinajstić information content (AvgIpc) is 3.14. The lowest BCUT2D eigenvalue weighted by Gasteiger charge is -2.26. The largest absolute Gasteiger partial charge is 0.480 e. The molecule has 0 aromatic heterocycles. The fourth-order valence-electron chi connectivity index (χ4n) is 3.06. The van der Waals surface area contributed by atoms with Crippen molar-refractivity contribution in [2.24, 2.45) is 17.2 Å². The Kier molecular flexibility index (Phi) is 10.0. The molecular formula is C17H30N6O6. The van der Waals surface area contributed by atoms with Crippen molar-refractivity contribution in [2.75, 3.05) is 19.6 Å². The zero-order valence-electron chi connectivity index (χ0n) is 16.3. The molecule has 164 valence electrons. The number of carboxylic acids is 1. The summed E-state index contributed by atoms with van der Waals surface area (Å²) in [6.45, 7) is 0.346. The van der Waals surface area contributed by atoms with Gasteiger partial charge in [0.05, 0.1) is 19.0 Å². The molecule has 0 aromatic carbocycles. The molecule has 0 aromatic rings. The van der Waals surface area contributed by atoms with Crippen LogP contribution in [0.5, 0.6) is 0 Å². The Morgan fingerprint density at radius 3 is 2.45 bits per heavy atom. The third-order valence-corrected chi connectivity index (χ3v) is 4.61. The number of rotatable bonds is 12. The predicted octanol–water partition coefficient (Wildman–Crippen LogP) is -3.01. The molecule has 1 heterocycles. The van der Waals surface area contributed by atoms with Crippen molar-refractivity contribution >= 4 is 29.6 Å². The monoisotopic (exact) mass is 414 g/mol. The first-order valence-electron chi connectivity index (χ1n) is 9.51. The van der Waals surface area contributed by atoms with Crippen LogP contribution in [0.2, 0.25) is 0 Å². The van der Waals surface area contributed by atoms with Gasteiger partial charge < -0.3 is 37.8 Å². The Morgan fingerprint density at radius 1 is 1.17 bits per heavy atom. The van der Waals surface area contributed by atoms with Crippen molar-refractivity contribution in [3.8, 4) is 0 Å². The van der Waals surface area contributed by atoms with Gasteiger partial charge in [0.25, 0.3) is 0 Å². The quantitative estimate of drug-likeness (QED) is 0.181. The van der Waals surface area contributed by atoms with Crippen LogP contribution in [0.4, 0.5) is 0 Å². The molecule has 0 spiro atoms. The number of carboxylic acid groups (broad SMARTS) is 1. The number of amides is 4. The molecule has 12 heteroatoms. The van der Waals surface area contributed by atoms with Crippen molar-refractivity contribution in [3.63, 3.8) is 0 Å². The summed E-state index contributed by atoms with van der Waals surface area (Å²) in [4.78, 5) is 60.2. The van der Waals surface area contributed by atoms with E-state index in [-0.39, 0.29) is 12.8 Å². The lowest BCUT2D eigenvalue weighted by Crippen LogP contribution is -2.53. The zero-order chi connectivity index (χ0) is 22.0. The summed E-state index contributed by atoms with van der Waals surface area (Å²) >= 11 is 0. The molecule has 3 unspecified atom stereocenters. The number of nitrogens with one attached hydrogen (secondary N) is 2. The van der Waals surface area contributed by atoms with Crippen molar-refractivity contribution in [1.82, 2.24) is 15.5 Å². The van der Waals surface area contributed by atoms with Gasteiger partial charge in [-0.05, 0) is 38.6 Å². The molecule has 29 heavy (non-hydrogen) atoms. The van der Waals surface area contributed by atoms with E-state index >= 15 is 0 Å². The third kappa shape index (κ3) is 8.03. The van der Waals surface area contributed by atoms with Gasteiger partial charge in [-0.25, -0.2) is 4.79 Å². The second kappa shape index (κ2) is 12.0. The number of carbonyl (C=O) groups excluding carboxylic acids is 4. The van der Waals surface area contributed by atoms with Crippen LogP contribution in [-0.2, 0) is 24.0 Å². The number of hydrogen-bond donors (Lipinski definition) is 6. The van der Waals surface area contributed by atoms with Gasteiger partial charge in [-0.3, -0.25) is 19.2 Å². The van der Waals surface area contributed by atoms with Crippen LogP contribution in [0.15, 0.2) is 0 Å². The van der Waals surface area contributed by atoms with Crippen molar-refractivity contribution < 1.29 is 29.1 Å². The summed E-state index contributed by atoms with van der Waals surface area (Å²) in [5.74, 6) is -3.65. The molecule has 9 N–H and O–H groups in total. The predicted molar refractivity (Wildman–Crippen MR) is 102 cm³/mol. The van der Waals surface area contributed by atoms with Gasteiger partial charge in [0.2, 0.25) is 23.6 Å². The number of nitrogens with two attached hydrogens (primary N) is 3. The Bertz CT molecular complexity index is 628. The van der Waals surface area contributed by atoms with E-state index in [1.54, 1.807) is 0 Å². The van der Waals surface area contributed by atoms with Crippen LogP contribution in [-0.4, -0.2) is 77.4 Å². The smallest absolute Gasteiger partial charge is 0.326 e. The van der Waals surface area contributed by atoms with E-state index < -0.39 is 54.3 Å². The number of likely N-dealkylation sites (tertiary alicyclic amines) is 1. The van der Waals surface area contributed by atoms with Crippen molar-refractivity contribution in [2.45, 2.75) is 56.7 Å². The van der Waals surface area contributed by atoms with Gasteiger partial charge in [0.1, 0.15) is 12.1 Å². The molecule has 3 atom stereocenters. The molecule has 1 saturated heterocycles. The maximum absolute atomic E-state index is 12.5. The third-order valence-electron chi connectivity index (χ3n) is 4.61. The molecule has 1 aliphatic heterocycles. The van der Waals surface area contributed by atoms with E-state index in [0.717, 1.165) is 0 Å². The van der Waals surface area contributed by atoms with Crippen molar-refractivity contribution in [3.05, 3.63) is 0 Å². The Balaban J connectivity index is 2.60. The van der Waals surface area contributed by atoms with Crippen LogP contribution >= 0.6 is 0 Å². The number of primary amides is 1. The van der Waals surface area contributed by atoms with E-state index in [9.17, 15) is 29.1 Å². The zero-order valence-corrected chi connectivity index (χ0v) is 16.3. The van der Waals surface area contributed by atoms with E-state index in [1.807, 2.05) is 0 Å². The minimum absolute atomic E-state index is 0.243. The standard InChI is InChI=1S/C17H30N6O6/c18-6-2-1-4-11(17(28)29)22-16(27)12-5-3-7-23(12)14(25)9-21-15(26)10(19)8-13(20)24/h10-12H,1-9,18-19H2,(H2,20,24)(H,21,26)(H,22,27)(H,28,29). The van der Waals surface area contributed by atoms with E-state index in [4.69, 9.17) is 17.2 Å². The molecule has 0 radical (unpaired) electrons. The van der Waals surface area contributed by atoms with Crippen LogP contribution in [0.1, 0.15) is 38.5 Å². The summed E-state index contributed by atoms with van der Waals surface area (Å²) in [6, 6.07) is -3.03. The molecule has 1 aliphatic rings. The number of aliphatic carboxylic acids is 1. The van der Waals surface area contributed by atoms with Crippen LogP contribution < -0.4 is 27.8 Å². The number of hydrogen-bond acceptors (Lipinski definition) is 7. The van der Waals surface area contributed by atoms with Crippen LogP contribution in [0.3, 0.4) is 0 Å². The molecule has 0 saturated carbocycles. The second-order valence-electron chi connectivity index (χ2n) is 6.92. The van der Waals surface area contributed by atoms with Gasteiger partial charge in [-0.2, -0.15) is 0 Å².